The van der Waals surface area contributed by atoms with Crippen LogP contribution in [0.15, 0.2) is 35.1 Å². The van der Waals surface area contributed by atoms with Gasteiger partial charge in [-0.25, -0.2) is 4.79 Å². The van der Waals surface area contributed by atoms with E-state index in [0.717, 1.165) is 12.3 Å². The third kappa shape index (κ3) is 3.19. The molecule has 1 aromatic carbocycles. The number of nitrogens with zero attached hydrogens (tertiary/aromatic N) is 1. The molecule has 0 aliphatic heterocycles. The smallest absolute Gasteiger partial charge is 0.416 e. The zero-order chi connectivity index (χ0) is 15.6. The molecule has 0 radical (unpaired) electrons. The fourth-order valence-corrected chi connectivity index (χ4v) is 1.53. The summed E-state index contributed by atoms with van der Waals surface area (Å²) in [5, 5.41) is 14.3. The lowest BCUT2D eigenvalue weighted by Crippen LogP contribution is -2.16. The SMILES string of the molecule is O=C(Nc1cc(C(F)(F)F)ccc1C(=O)O)c1ccon1. The van der Waals surface area contributed by atoms with E-state index in [2.05, 4.69) is 15.0 Å². The highest BCUT2D eigenvalue weighted by molar-refractivity contribution is 6.06. The first kappa shape index (κ1) is 14.6. The van der Waals surface area contributed by atoms with E-state index in [0.29, 0.717) is 12.1 Å². The number of aromatic nitrogens is 1. The van der Waals surface area contributed by atoms with E-state index < -0.39 is 34.9 Å². The lowest BCUT2D eigenvalue weighted by molar-refractivity contribution is -0.137. The Hall–Kier alpha value is -2.84. The van der Waals surface area contributed by atoms with Crippen molar-refractivity contribution in [3.05, 3.63) is 47.3 Å². The van der Waals surface area contributed by atoms with Crippen LogP contribution >= 0.6 is 0 Å². The summed E-state index contributed by atoms with van der Waals surface area (Å²) >= 11 is 0. The highest BCUT2D eigenvalue weighted by Crippen LogP contribution is 2.32. The minimum absolute atomic E-state index is 0.191. The number of carboxylic acids is 1. The van der Waals surface area contributed by atoms with Crippen LogP contribution in [0.3, 0.4) is 0 Å². The Kier molecular flexibility index (Phi) is 3.66. The van der Waals surface area contributed by atoms with Crippen LogP contribution in [0.5, 0.6) is 0 Å². The molecular weight excluding hydrogens is 293 g/mol. The second kappa shape index (κ2) is 5.27. The van der Waals surface area contributed by atoms with E-state index in [1.807, 2.05) is 0 Å². The van der Waals surface area contributed by atoms with E-state index >= 15 is 0 Å². The number of benzene rings is 1. The van der Waals surface area contributed by atoms with Gasteiger partial charge in [0.1, 0.15) is 6.26 Å². The summed E-state index contributed by atoms with van der Waals surface area (Å²) in [4.78, 5) is 22.7. The second-order valence-electron chi connectivity index (χ2n) is 3.90. The minimum atomic E-state index is -4.66. The van der Waals surface area contributed by atoms with Gasteiger partial charge in [-0.05, 0) is 18.2 Å². The topological polar surface area (TPSA) is 92.4 Å². The number of hydrogen-bond acceptors (Lipinski definition) is 4. The summed E-state index contributed by atoms with van der Waals surface area (Å²) in [6, 6.07) is 3.11. The monoisotopic (exact) mass is 300 g/mol. The first-order valence-corrected chi connectivity index (χ1v) is 5.45. The van der Waals surface area contributed by atoms with Crippen molar-refractivity contribution in [2.45, 2.75) is 6.18 Å². The first-order valence-electron chi connectivity index (χ1n) is 5.45. The lowest BCUT2D eigenvalue weighted by atomic mass is 10.1. The summed E-state index contributed by atoms with van der Waals surface area (Å²) < 4.78 is 42.3. The van der Waals surface area contributed by atoms with Crippen LogP contribution in [0.25, 0.3) is 0 Å². The maximum Gasteiger partial charge on any atom is 0.416 e. The number of alkyl halides is 3. The molecule has 0 bridgehead atoms. The van der Waals surface area contributed by atoms with Gasteiger partial charge in [0.05, 0.1) is 16.8 Å². The van der Waals surface area contributed by atoms with Gasteiger partial charge in [-0.2, -0.15) is 13.2 Å². The van der Waals surface area contributed by atoms with Gasteiger partial charge in [-0.1, -0.05) is 5.16 Å². The van der Waals surface area contributed by atoms with Crippen molar-refractivity contribution in [2.24, 2.45) is 0 Å². The van der Waals surface area contributed by atoms with Crippen LogP contribution in [0.1, 0.15) is 26.4 Å². The van der Waals surface area contributed by atoms with Crippen LogP contribution in [-0.4, -0.2) is 22.1 Å². The third-order valence-corrected chi connectivity index (χ3v) is 2.50. The molecule has 0 aliphatic rings. The predicted octanol–water partition coefficient (Wildman–Crippen LogP) is 2.64. The number of rotatable bonds is 3. The van der Waals surface area contributed by atoms with Crippen LogP contribution < -0.4 is 5.32 Å². The minimum Gasteiger partial charge on any atom is -0.478 e. The molecule has 110 valence electrons. The van der Waals surface area contributed by atoms with Gasteiger partial charge in [0.15, 0.2) is 5.69 Å². The van der Waals surface area contributed by atoms with Crippen LogP contribution in [0.2, 0.25) is 0 Å². The van der Waals surface area contributed by atoms with Gasteiger partial charge >= 0.3 is 12.1 Å². The number of hydrogen-bond donors (Lipinski definition) is 2. The number of carbonyl (C=O) groups excluding carboxylic acids is 1. The van der Waals surface area contributed by atoms with E-state index in [1.54, 1.807) is 0 Å². The lowest BCUT2D eigenvalue weighted by Gasteiger charge is -2.11. The van der Waals surface area contributed by atoms with E-state index in [-0.39, 0.29) is 5.69 Å². The van der Waals surface area contributed by atoms with Crippen molar-refractivity contribution >= 4 is 17.6 Å². The largest absolute Gasteiger partial charge is 0.478 e. The molecule has 0 spiro atoms. The number of aromatic carboxylic acids is 1. The Morgan fingerprint density at radius 2 is 1.95 bits per heavy atom. The van der Waals surface area contributed by atoms with Gasteiger partial charge in [0.25, 0.3) is 5.91 Å². The zero-order valence-corrected chi connectivity index (χ0v) is 10.1. The fraction of sp³-hybridized carbons (Fsp3) is 0.0833. The molecule has 0 saturated carbocycles. The second-order valence-corrected chi connectivity index (χ2v) is 3.90. The van der Waals surface area contributed by atoms with Crippen LogP contribution in [-0.2, 0) is 6.18 Å². The van der Waals surface area contributed by atoms with Crippen LogP contribution in [0.4, 0.5) is 18.9 Å². The maximum absolute atomic E-state index is 12.6. The normalized spacial score (nSPS) is 11.2. The Morgan fingerprint density at radius 1 is 1.24 bits per heavy atom. The molecular formula is C12H7F3N2O4. The number of halogens is 3. The summed E-state index contributed by atoms with van der Waals surface area (Å²) in [6.07, 6.45) is -3.57. The van der Waals surface area contributed by atoms with Crippen molar-refractivity contribution in [2.75, 3.05) is 5.32 Å². The predicted molar refractivity (Wildman–Crippen MR) is 62.9 cm³/mol. The highest BCUT2D eigenvalue weighted by atomic mass is 19.4. The van der Waals surface area contributed by atoms with Crippen molar-refractivity contribution in [3.8, 4) is 0 Å². The standard InChI is InChI=1S/C12H7F3N2O4/c13-12(14,15)6-1-2-7(11(19)20)9(5-6)16-10(18)8-3-4-21-17-8/h1-5H,(H,16,18)(H,19,20). The molecule has 9 heteroatoms. The van der Waals surface area contributed by atoms with Crippen molar-refractivity contribution in [1.82, 2.24) is 5.16 Å². The third-order valence-electron chi connectivity index (χ3n) is 2.50. The molecule has 2 aromatic rings. The number of anilines is 1. The Morgan fingerprint density at radius 3 is 2.48 bits per heavy atom. The molecule has 0 atom stereocenters. The number of carbonyl (C=O) groups is 2. The average molecular weight is 300 g/mol. The van der Waals surface area contributed by atoms with E-state index in [9.17, 15) is 22.8 Å². The Labute approximate surface area is 115 Å². The molecule has 1 amide bonds. The van der Waals surface area contributed by atoms with Crippen LogP contribution in [0, 0.1) is 0 Å². The quantitative estimate of drug-likeness (QED) is 0.909. The first-order chi connectivity index (χ1) is 9.79. The molecule has 6 nitrogen and oxygen atoms in total. The summed E-state index contributed by atoms with van der Waals surface area (Å²) in [7, 11) is 0. The molecule has 0 saturated heterocycles. The number of carboxylic acid groups (broad SMARTS) is 1. The van der Waals surface area contributed by atoms with Gasteiger partial charge in [0.2, 0.25) is 0 Å². The van der Waals surface area contributed by atoms with Gasteiger partial charge in [-0.3, -0.25) is 4.79 Å². The molecule has 0 unspecified atom stereocenters. The van der Waals surface area contributed by atoms with Gasteiger partial charge in [-0.15, -0.1) is 0 Å². The van der Waals surface area contributed by atoms with E-state index in [4.69, 9.17) is 5.11 Å². The summed E-state index contributed by atoms with van der Waals surface area (Å²) in [5.74, 6) is -2.36. The van der Waals surface area contributed by atoms with E-state index in [1.165, 1.54) is 6.07 Å². The summed E-state index contributed by atoms with van der Waals surface area (Å²) in [5.41, 5.74) is -2.23. The van der Waals surface area contributed by atoms with Crippen molar-refractivity contribution in [3.63, 3.8) is 0 Å². The molecule has 2 N–H and O–H groups in total. The number of amides is 1. The summed E-state index contributed by atoms with van der Waals surface area (Å²) in [6.45, 7) is 0. The van der Waals surface area contributed by atoms with Gasteiger partial charge in [0, 0.05) is 6.07 Å². The van der Waals surface area contributed by atoms with Gasteiger partial charge < -0.3 is 14.9 Å². The maximum atomic E-state index is 12.6. The van der Waals surface area contributed by atoms with Crippen molar-refractivity contribution in [1.29, 1.82) is 0 Å². The molecule has 2 rings (SSSR count). The zero-order valence-electron chi connectivity index (χ0n) is 10.1. The fourth-order valence-electron chi connectivity index (χ4n) is 1.53. The highest BCUT2D eigenvalue weighted by Gasteiger charge is 2.32. The molecule has 1 heterocycles. The molecule has 0 aliphatic carbocycles. The average Bonchev–Trinajstić information content (AvgIpc) is 2.91. The molecule has 1 aromatic heterocycles. The molecule has 21 heavy (non-hydrogen) atoms. The van der Waals surface area contributed by atoms with Crippen molar-refractivity contribution < 1.29 is 32.4 Å². The Bertz CT molecular complexity index is 680. The Balaban J connectivity index is 2.39. The molecule has 0 fully saturated rings. The number of nitrogens with one attached hydrogen (secondary N) is 1.